The molecule has 0 spiro atoms. The van der Waals surface area contributed by atoms with Gasteiger partial charge in [0.15, 0.2) is 5.13 Å². The summed E-state index contributed by atoms with van der Waals surface area (Å²) in [5, 5.41) is 0.752. The van der Waals surface area contributed by atoms with Crippen LogP contribution >= 0.6 is 11.3 Å². The van der Waals surface area contributed by atoms with Crippen molar-refractivity contribution in [3.8, 4) is 0 Å². The van der Waals surface area contributed by atoms with E-state index in [0.717, 1.165) is 33.1 Å². The molecule has 0 unspecified atom stereocenters. The van der Waals surface area contributed by atoms with Gasteiger partial charge in [-0.3, -0.25) is 0 Å². The summed E-state index contributed by atoms with van der Waals surface area (Å²) in [6.07, 6.45) is 2.37. The van der Waals surface area contributed by atoms with Gasteiger partial charge in [0.2, 0.25) is 0 Å². The van der Waals surface area contributed by atoms with E-state index in [1.807, 2.05) is 6.92 Å². The highest BCUT2D eigenvalue weighted by atomic mass is 32.1. The zero-order valence-electron chi connectivity index (χ0n) is 7.75. The van der Waals surface area contributed by atoms with Crippen LogP contribution in [0.4, 0.5) is 4.39 Å². The van der Waals surface area contributed by atoms with Gasteiger partial charge < -0.3 is 0 Å². The van der Waals surface area contributed by atoms with Gasteiger partial charge in [0.1, 0.15) is 10.7 Å². The Hall–Kier alpha value is -1.03. The van der Waals surface area contributed by atoms with Crippen molar-refractivity contribution < 1.29 is 4.39 Å². The highest BCUT2D eigenvalue weighted by Gasteiger charge is 2.28. The van der Waals surface area contributed by atoms with E-state index in [-0.39, 0.29) is 5.13 Å². The summed E-state index contributed by atoms with van der Waals surface area (Å²) < 4.78 is 13.1. The quantitative estimate of drug-likeness (QED) is 0.720. The summed E-state index contributed by atoms with van der Waals surface area (Å²) >= 11 is 1.11. The molecule has 0 atom stereocenters. The van der Waals surface area contributed by atoms with E-state index in [9.17, 15) is 4.39 Å². The van der Waals surface area contributed by atoms with E-state index in [0.29, 0.717) is 5.92 Å². The summed E-state index contributed by atoms with van der Waals surface area (Å²) in [6, 6.07) is 1.56. The van der Waals surface area contributed by atoms with E-state index < -0.39 is 0 Å². The van der Waals surface area contributed by atoms with Gasteiger partial charge in [-0.25, -0.2) is 9.97 Å². The molecule has 4 heteroatoms. The van der Waals surface area contributed by atoms with E-state index in [4.69, 9.17) is 0 Å². The maximum Gasteiger partial charge on any atom is 0.179 e. The molecule has 0 aromatic carbocycles. The Bertz CT molecular complexity index is 502. The van der Waals surface area contributed by atoms with Crippen LogP contribution in [0.5, 0.6) is 0 Å². The highest BCUT2D eigenvalue weighted by molar-refractivity contribution is 7.17. The number of nitrogens with zero attached hydrogens (tertiary/aromatic N) is 2. The fourth-order valence-electron chi connectivity index (χ4n) is 1.69. The van der Waals surface area contributed by atoms with Crippen molar-refractivity contribution in [2.75, 3.05) is 0 Å². The largest absolute Gasteiger partial charge is 0.237 e. The van der Waals surface area contributed by atoms with Crippen LogP contribution in [0.2, 0.25) is 0 Å². The molecule has 0 amide bonds. The van der Waals surface area contributed by atoms with Crippen molar-refractivity contribution in [3.05, 3.63) is 22.7 Å². The molecular formula is C10H9FN2S. The zero-order valence-corrected chi connectivity index (χ0v) is 8.57. The van der Waals surface area contributed by atoms with Crippen LogP contribution in [0.15, 0.2) is 6.07 Å². The smallest absolute Gasteiger partial charge is 0.179 e. The second-order valence-electron chi connectivity index (χ2n) is 3.70. The predicted octanol–water partition coefficient (Wildman–Crippen LogP) is 3.02. The monoisotopic (exact) mass is 208 g/mol. The minimum atomic E-state index is -0.165. The number of rotatable bonds is 1. The highest BCUT2D eigenvalue weighted by Crippen LogP contribution is 2.42. The Labute approximate surface area is 84.8 Å². The number of thiophene rings is 1. The second kappa shape index (κ2) is 2.73. The van der Waals surface area contributed by atoms with Crippen molar-refractivity contribution in [1.82, 2.24) is 9.97 Å². The maximum absolute atomic E-state index is 13.1. The molecule has 2 aromatic rings. The van der Waals surface area contributed by atoms with E-state index in [1.165, 1.54) is 12.8 Å². The molecule has 2 heterocycles. The summed E-state index contributed by atoms with van der Waals surface area (Å²) in [5.41, 5.74) is 1.05. The first-order valence-electron chi connectivity index (χ1n) is 4.67. The van der Waals surface area contributed by atoms with Gasteiger partial charge in [0.25, 0.3) is 0 Å². The van der Waals surface area contributed by atoms with Crippen molar-refractivity contribution in [3.63, 3.8) is 0 Å². The van der Waals surface area contributed by atoms with Crippen molar-refractivity contribution >= 4 is 21.6 Å². The normalized spacial score (nSPS) is 16.4. The Morgan fingerprint density at radius 3 is 2.93 bits per heavy atom. The van der Waals surface area contributed by atoms with Crippen molar-refractivity contribution in [2.45, 2.75) is 25.7 Å². The predicted molar refractivity (Wildman–Crippen MR) is 54.1 cm³/mol. The molecule has 2 nitrogen and oxygen atoms in total. The Morgan fingerprint density at radius 2 is 2.21 bits per heavy atom. The molecule has 0 aliphatic heterocycles. The average molecular weight is 208 g/mol. The molecule has 1 fully saturated rings. The molecule has 3 rings (SSSR count). The number of hydrogen-bond donors (Lipinski definition) is 0. The van der Waals surface area contributed by atoms with Crippen LogP contribution in [0.3, 0.4) is 0 Å². The van der Waals surface area contributed by atoms with Crippen LogP contribution in [-0.2, 0) is 0 Å². The van der Waals surface area contributed by atoms with E-state index >= 15 is 0 Å². The molecule has 0 radical (unpaired) electrons. The molecular weight excluding hydrogens is 199 g/mol. The van der Waals surface area contributed by atoms with Gasteiger partial charge in [0.05, 0.1) is 5.69 Å². The van der Waals surface area contributed by atoms with Gasteiger partial charge in [0, 0.05) is 11.3 Å². The molecule has 1 saturated carbocycles. The average Bonchev–Trinajstić information content (AvgIpc) is 2.87. The Balaban J connectivity index is 2.33. The van der Waals surface area contributed by atoms with Gasteiger partial charge in [-0.05, 0) is 25.8 Å². The molecule has 2 aromatic heterocycles. The van der Waals surface area contributed by atoms with Crippen molar-refractivity contribution in [2.24, 2.45) is 0 Å². The summed E-state index contributed by atoms with van der Waals surface area (Å²) in [5.74, 6) is 1.30. The van der Waals surface area contributed by atoms with Crippen LogP contribution in [0.1, 0.15) is 30.3 Å². The zero-order chi connectivity index (χ0) is 9.71. The first-order valence-corrected chi connectivity index (χ1v) is 5.49. The topological polar surface area (TPSA) is 25.8 Å². The van der Waals surface area contributed by atoms with Crippen LogP contribution in [0, 0.1) is 12.1 Å². The first kappa shape index (κ1) is 8.29. The second-order valence-corrected chi connectivity index (χ2v) is 4.68. The first-order chi connectivity index (χ1) is 6.74. The maximum atomic E-state index is 13.1. The van der Waals surface area contributed by atoms with Gasteiger partial charge in [-0.1, -0.05) is 11.3 Å². The lowest BCUT2D eigenvalue weighted by atomic mass is 10.2. The van der Waals surface area contributed by atoms with E-state index in [1.54, 1.807) is 6.07 Å². The third kappa shape index (κ3) is 1.21. The van der Waals surface area contributed by atoms with Crippen molar-refractivity contribution in [1.29, 1.82) is 0 Å². The lowest BCUT2D eigenvalue weighted by Gasteiger charge is -2.00. The summed E-state index contributed by atoms with van der Waals surface area (Å²) in [6.45, 7) is 1.86. The molecule has 0 bridgehead atoms. The number of aromatic nitrogens is 2. The molecule has 0 saturated heterocycles. The molecule has 72 valence electrons. The van der Waals surface area contributed by atoms with Crippen LogP contribution in [-0.4, -0.2) is 9.97 Å². The van der Waals surface area contributed by atoms with Gasteiger partial charge >= 0.3 is 0 Å². The Kier molecular flexibility index (Phi) is 1.62. The fraction of sp³-hybridized carbons (Fsp3) is 0.400. The molecule has 1 aliphatic carbocycles. The molecule has 14 heavy (non-hydrogen) atoms. The number of hydrogen-bond acceptors (Lipinski definition) is 3. The number of aryl methyl sites for hydroxylation is 1. The van der Waals surface area contributed by atoms with Gasteiger partial charge in [-0.15, -0.1) is 0 Å². The summed E-state index contributed by atoms with van der Waals surface area (Å²) in [4.78, 5) is 9.43. The lowest BCUT2D eigenvalue weighted by Crippen LogP contribution is -1.93. The van der Waals surface area contributed by atoms with Crippen LogP contribution < -0.4 is 0 Å². The third-order valence-corrected chi connectivity index (χ3v) is 3.29. The minimum absolute atomic E-state index is 0.165. The van der Waals surface area contributed by atoms with Gasteiger partial charge in [-0.2, -0.15) is 4.39 Å². The molecule has 0 N–H and O–H groups in total. The summed E-state index contributed by atoms with van der Waals surface area (Å²) in [7, 11) is 0. The lowest BCUT2D eigenvalue weighted by molar-refractivity contribution is 0.658. The fourth-order valence-corrected chi connectivity index (χ4v) is 2.51. The standard InChI is InChI=1S/C10H9FN2S/c1-5-12-9(6-2-3-6)7-4-8(11)14-10(7)13-5/h4,6H,2-3H2,1H3. The minimum Gasteiger partial charge on any atom is -0.237 e. The number of halogens is 1. The van der Waals surface area contributed by atoms with E-state index in [2.05, 4.69) is 9.97 Å². The van der Waals surface area contributed by atoms with Crippen LogP contribution in [0.25, 0.3) is 10.2 Å². The molecule has 1 aliphatic rings. The Morgan fingerprint density at radius 1 is 1.43 bits per heavy atom. The SMILES string of the molecule is Cc1nc(C2CC2)c2cc(F)sc2n1. The third-order valence-electron chi connectivity index (χ3n) is 2.47. The number of fused-ring (bicyclic) bond motifs is 1.